The Kier molecular flexibility index (Phi) is 7.79. The number of anilines is 6. The van der Waals surface area contributed by atoms with Crippen molar-refractivity contribution in [2.24, 2.45) is 0 Å². The lowest BCUT2D eigenvalue weighted by Crippen LogP contribution is -2.29. The second-order valence-corrected chi connectivity index (χ2v) is 17.7. The Morgan fingerprint density at radius 1 is 0.258 bits per heavy atom. The maximum atomic E-state index is 4.62. The molecule has 4 heteroatoms. The highest BCUT2D eigenvalue weighted by atomic mass is 15.2. The van der Waals surface area contributed by atoms with Crippen molar-refractivity contribution in [3.63, 3.8) is 0 Å². The molecule has 2 aromatic heterocycles. The molecule has 0 atom stereocenters. The molecule has 0 bridgehead atoms. The van der Waals surface area contributed by atoms with E-state index in [4.69, 9.17) is 0 Å². The van der Waals surface area contributed by atoms with Crippen molar-refractivity contribution in [2.75, 3.05) is 9.80 Å². The molecular formula is C62H40N4. The molecule has 0 aliphatic heterocycles. The third-order valence-electron chi connectivity index (χ3n) is 14.6. The fraction of sp³-hybridized carbons (Fsp3) is 0.0323. The number of aromatic nitrogens is 2. The van der Waals surface area contributed by atoms with Gasteiger partial charge >= 0.3 is 0 Å². The summed E-state index contributed by atoms with van der Waals surface area (Å²) in [6.07, 6.45) is 7.63. The van der Waals surface area contributed by atoms with E-state index in [1.165, 1.54) is 77.9 Å². The lowest BCUT2D eigenvalue weighted by atomic mass is 9.66. The van der Waals surface area contributed by atoms with Gasteiger partial charge in [-0.05, 0) is 151 Å². The van der Waals surface area contributed by atoms with Crippen LogP contribution in [-0.4, -0.2) is 9.97 Å². The summed E-state index contributed by atoms with van der Waals surface area (Å²) in [5.74, 6) is 0. The Balaban J connectivity index is 1.13. The van der Waals surface area contributed by atoms with E-state index in [0.29, 0.717) is 0 Å². The molecule has 308 valence electrons. The monoisotopic (exact) mass is 840 g/mol. The molecule has 0 N–H and O–H groups in total. The lowest BCUT2D eigenvalue weighted by Gasteiger charge is -2.36. The van der Waals surface area contributed by atoms with Gasteiger partial charge in [0.25, 0.3) is 0 Å². The van der Waals surface area contributed by atoms with Crippen molar-refractivity contribution in [2.45, 2.75) is 10.8 Å². The maximum absolute atomic E-state index is 4.62. The molecule has 14 rings (SSSR count). The van der Waals surface area contributed by atoms with Crippen LogP contribution in [0.3, 0.4) is 0 Å². The topological polar surface area (TPSA) is 32.3 Å². The second kappa shape index (κ2) is 13.9. The van der Waals surface area contributed by atoms with Crippen molar-refractivity contribution < 1.29 is 0 Å². The minimum atomic E-state index is -0.639. The standard InChI is InChI=1S/C62H40N4/c1-3-17-41(18-4-1)65(45-21-15-35-63-39-45)43-31-33-51-57(37-43)61(53-27-11-7-23-47(53)48-24-8-12-28-54(48)61)60-52-34-32-44(66(42-19-5-2-6-20-42)46-22-16-36-64-40-46)38-58(52)62(59(51)60)55-29-13-9-25-49(55)50-26-10-14-30-56(50)62/h1-40H. The Labute approximate surface area is 384 Å². The van der Waals surface area contributed by atoms with E-state index in [-0.39, 0.29) is 0 Å². The van der Waals surface area contributed by atoms with Crippen molar-refractivity contribution in [1.82, 2.24) is 9.97 Å². The highest BCUT2D eigenvalue weighted by molar-refractivity contribution is 6.20. The van der Waals surface area contributed by atoms with Crippen LogP contribution in [0.1, 0.15) is 44.5 Å². The Hall–Kier alpha value is -8.60. The number of hydrogen-bond donors (Lipinski definition) is 0. The first-order valence-electron chi connectivity index (χ1n) is 22.7. The van der Waals surface area contributed by atoms with Gasteiger partial charge in [0.1, 0.15) is 0 Å². The summed E-state index contributed by atoms with van der Waals surface area (Å²) in [4.78, 5) is 13.9. The quantitative estimate of drug-likeness (QED) is 0.167. The number of nitrogens with zero attached hydrogens (tertiary/aromatic N) is 4. The number of hydrogen-bond acceptors (Lipinski definition) is 4. The van der Waals surface area contributed by atoms with E-state index < -0.39 is 10.8 Å². The van der Waals surface area contributed by atoms with Gasteiger partial charge in [-0.2, -0.15) is 0 Å². The summed E-state index contributed by atoms with van der Waals surface area (Å²) < 4.78 is 0. The molecule has 0 unspecified atom stereocenters. The fourth-order valence-corrected chi connectivity index (χ4v) is 12.3. The first-order valence-corrected chi connectivity index (χ1v) is 22.7. The normalized spacial score (nSPS) is 14.5. The number of fused-ring (bicyclic) bond motifs is 18. The first-order chi connectivity index (χ1) is 32.8. The van der Waals surface area contributed by atoms with Crippen LogP contribution in [0.5, 0.6) is 0 Å². The van der Waals surface area contributed by atoms with E-state index in [1.807, 2.05) is 36.9 Å². The number of pyridine rings is 2. The molecule has 0 saturated carbocycles. The summed E-state index contributed by atoms with van der Waals surface area (Å²) in [5.41, 5.74) is 23.3. The van der Waals surface area contributed by atoms with Gasteiger partial charge in [0.15, 0.2) is 0 Å². The molecule has 8 aromatic carbocycles. The third-order valence-corrected chi connectivity index (χ3v) is 14.6. The smallest absolute Gasteiger partial charge is 0.0729 e. The van der Waals surface area contributed by atoms with Gasteiger partial charge < -0.3 is 9.80 Å². The van der Waals surface area contributed by atoms with E-state index in [0.717, 1.165) is 34.1 Å². The molecule has 0 fully saturated rings. The molecule has 4 aliphatic carbocycles. The lowest BCUT2D eigenvalue weighted by molar-refractivity contribution is 0.826. The maximum Gasteiger partial charge on any atom is 0.0729 e. The van der Waals surface area contributed by atoms with Gasteiger partial charge in [0, 0.05) is 35.1 Å². The average molecular weight is 841 g/mol. The van der Waals surface area contributed by atoms with E-state index in [1.54, 1.807) is 0 Å². The van der Waals surface area contributed by atoms with Crippen LogP contribution in [-0.2, 0) is 10.8 Å². The number of para-hydroxylation sites is 2. The first kappa shape index (κ1) is 36.8. The molecule has 2 heterocycles. The molecule has 4 aliphatic rings. The summed E-state index contributed by atoms with van der Waals surface area (Å²) in [6, 6.07) is 80.9. The van der Waals surface area contributed by atoms with Crippen LogP contribution >= 0.6 is 0 Å². The molecule has 4 nitrogen and oxygen atoms in total. The Bertz CT molecular complexity index is 3190. The van der Waals surface area contributed by atoms with Gasteiger partial charge in [-0.15, -0.1) is 0 Å². The predicted molar refractivity (Wildman–Crippen MR) is 268 cm³/mol. The Morgan fingerprint density at radius 2 is 0.591 bits per heavy atom. The predicted octanol–water partition coefficient (Wildman–Crippen LogP) is 15.0. The Morgan fingerprint density at radius 3 is 0.939 bits per heavy atom. The highest BCUT2D eigenvalue weighted by Crippen LogP contribution is 2.75. The van der Waals surface area contributed by atoms with Gasteiger partial charge in [-0.1, -0.05) is 146 Å². The highest BCUT2D eigenvalue weighted by Gasteiger charge is 2.63. The minimum Gasteiger partial charge on any atom is -0.309 e. The third kappa shape index (κ3) is 4.77. The van der Waals surface area contributed by atoms with E-state index in [2.05, 4.69) is 226 Å². The molecule has 0 amide bonds. The second-order valence-electron chi connectivity index (χ2n) is 17.7. The van der Waals surface area contributed by atoms with Gasteiger partial charge in [-0.3, -0.25) is 9.97 Å². The summed E-state index contributed by atoms with van der Waals surface area (Å²) >= 11 is 0. The van der Waals surface area contributed by atoms with Crippen molar-refractivity contribution in [1.29, 1.82) is 0 Å². The van der Waals surface area contributed by atoms with Crippen molar-refractivity contribution >= 4 is 45.3 Å². The molecule has 66 heavy (non-hydrogen) atoms. The number of benzene rings is 8. The van der Waals surface area contributed by atoms with Crippen LogP contribution in [0.4, 0.5) is 34.1 Å². The van der Waals surface area contributed by atoms with Crippen molar-refractivity contribution in [3.8, 4) is 22.3 Å². The van der Waals surface area contributed by atoms with Gasteiger partial charge in [0.2, 0.25) is 0 Å². The zero-order valence-corrected chi connectivity index (χ0v) is 35.9. The number of allylic oxidation sites excluding steroid dienone is 2. The van der Waals surface area contributed by atoms with Crippen LogP contribution in [0.2, 0.25) is 0 Å². The van der Waals surface area contributed by atoms with Crippen LogP contribution in [0.25, 0.3) is 33.4 Å². The number of rotatable bonds is 6. The van der Waals surface area contributed by atoms with Crippen LogP contribution in [0, 0.1) is 0 Å². The largest absolute Gasteiger partial charge is 0.309 e. The molecule has 10 aromatic rings. The summed E-state index contributed by atoms with van der Waals surface area (Å²) in [5, 5.41) is 0. The summed E-state index contributed by atoms with van der Waals surface area (Å²) in [6.45, 7) is 0. The molecular weight excluding hydrogens is 801 g/mol. The van der Waals surface area contributed by atoms with Gasteiger partial charge in [-0.25, -0.2) is 0 Å². The van der Waals surface area contributed by atoms with Crippen LogP contribution < -0.4 is 9.80 Å². The zero-order valence-electron chi connectivity index (χ0n) is 35.9. The average Bonchev–Trinajstić information content (AvgIpc) is 4.07. The molecule has 0 radical (unpaired) electrons. The SMILES string of the molecule is c1ccc(N(c2cccnc2)c2ccc3c(c2)C2(C4=C3C3(c5cc(N(c6ccccc6)c6cccnc6)ccc54)c4ccccc4-c4ccccc43)c3ccccc3-c3ccccc32)cc1. The van der Waals surface area contributed by atoms with E-state index in [9.17, 15) is 0 Å². The molecule has 0 saturated heterocycles. The van der Waals surface area contributed by atoms with E-state index >= 15 is 0 Å². The fourth-order valence-electron chi connectivity index (χ4n) is 12.3. The minimum absolute atomic E-state index is 0.639. The summed E-state index contributed by atoms with van der Waals surface area (Å²) in [7, 11) is 0. The molecule has 2 spiro atoms. The van der Waals surface area contributed by atoms with Crippen LogP contribution in [0.15, 0.2) is 243 Å². The van der Waals surface area contributed by atoms with Crippen molar-refractivity contribution in [3.05, 3.63) is 288 Å². The zero-order chi connectivity index (χ0) is 43.4. The van der Waals surface area contributed by atoms with Gasteiger partial charge in [0.05, 0.1) is 34.6 Å².